The van der Waals surface area contributed by atoms with Gasteiger partial charge in [-0.05, 0) is 26.0 Å². The third-order valence-electron chi connectivity index (χ3n) is 4.41. The number of carbonyl (C=O) groups excluding carboxylic acids is 1. The Morgan fingerprint density at radius 2 is 1.79 bits per heavy atom. The second-order valence-electron chi connectivity index (χ2n) is 6.71. The number of nitrogens with zero attached hydrogens (tertiary/aromatic N) is 3. The van der Waals surface area contributed by atoms with Gasteiger partial charge in [0.25, 0.3) is 11.5 Å². The molecule has 0 aliphatic heterocycles. The Bertz CT molecular complexity index is 1280. The fourth-order valence-electron chi connectivity index (χ4n) is 3.00. The zero-order valence-electron chi connectivity index (χ0n) is 15.7. The van der Waals surface area contributed by atoms with Gasteiger partial charge >= 0.3 is 0 Å². The van der Waals surface area contributed by atoms with Crippen LogP contribution in [0, 0.1) is 0 Å². The van der Waals surface area contributed by atoms with E-state index < -0.39 is 5.91 Å². The molecule has 6 nitrogen and oxygen atoms in total. The lowest BCUT2D eigenvalue weighted by molar-refractivity contribution is 0.102. The molecule has 0 aliphatic rings. The van der Waals surface area contributed by atoms with Crippen LogP contribution in [-0.2, 0) is 0 Å². The highest BCUT2D eigenvalue weighted by Gasteiger charge is 2.19. The van der Waals surface area contributed by atoms with E-state index in [-0.39, 0.29) is 17.3 Å². The van der Waals surface area contributed by atoms with Gasteiger partial charge in [0, 0.05) is 21.4 Å². The summed E-state index contributed by atoms with van der Waals surface area (Å²) >= 11 is 7.53. The smallest absolute Gasteiger partial charge is 0.278 e. The molecule has 4 aromatic rings. The molecule has 0 bridgehead atoms. The van der Waals surface area contributed by atoms with Crippen LogP contribution in [0.3, 0.4) is 0 Å². The number of amides is 1. The summed E-state index contributed by atoms with van der Waals surface area (Å²) in [6, 6.07) is 14.2. The van der Waals surface area contributed by atoms with Gasteiger partial charge in [-0.3, -0.25) is 14.9 Å². The van der Waals surface area contributed by atoms with Gasteiger partial charge in [-0.15, -0.1) is 11.3 Å². The third kappa shape index (κ3) is 3.66. The third-order valence-corrected chi connectivity index (χ3v) is 5.49. The molecule has 0 radical (unpaired) electrons. The van der Waals surface area contributed by atoms with Crippen molar-refractivity contribution in [3.05, 3.63) is 75.0 Å². The number of hydrogen-bond donors (Lipinski definition) is 1. The van der Waals surface area contributed by atoms with Gasteiger partial charge in [0.05, 0.1) is 17.1 Å². The number of anilines is 1. The van der Waals surface area contributed by atoms with Crippen molar-refractivity contribution >= 4 is 44.7 Å². The second kappa shape index (κ2) is 7.77. The SMILES string of the molecule is CC(C)n1nc(C(=O)Nc2nc(-c3ccccc3Cl)cs2)c2ccccc2c1=O. The molecule has 0 spiro atoms. The van der Waals surface area contributed by atoms with Crippen LogP contribution in [-0.4, -0.2) is 20.7 Å². The van der Waals surface area contributed by atoms with Crippen LogP contribution < -0.4 is 10.9 Å². The first kappa shape index (κ1) is 19.3. The molecule has 2 heterocycles. The summed E-state index contributed by atoms with van der Waals surface area (Å²) < 4.78 is 1.33. The van der Waals surface area contributed by atoms with Gasteiger partial charge in [-0.2, -0.15) is 5.10 Å². The molecule has 0 atom stereocenters. The molecule has 4 rings (SSSR count). The molecule has 2 aromatic heterocycles. The second-order valence-corrected chi connectivity index (χ2v) is 7.97. The highest BCUT2D eigenvalue weighted by atomic mass is 35.5. The Morgan fingerprint density at radius 3 is 2.52 bits per heavy atom. The molecule has 1 amide bonds. The molecule has 0 saturated carbocycles. The predicted molar refractivity (Wildman–Crippen MR) is 117 cm³/mol. The molecule has 1 N–H and O–H groups in total. The quantitative estimate of drug-likeness (QED) is 0.499. The molecule has 0 aliphatic carbocycles. The maximum absolute atomic E-state index is 13.0. The first-order chi connectivity index (χ1) is 14.0. The molecule has 29 heavy (non-hydrogen) atoms. The molecule has 146 valence electrons. The Kier molecular flexibility index (Phi) is 5.17. The van der Waals surface area contributed by atoms with Crippen molar-refractivity contribution in [1.29, 1.82) is 0 Å². The average molecular weight is 425 g/mol. The van der Waals surface area contributed by atoms with Crippen molar-refractivity contribution in [3.8, 4) is 11.3 Å². The lowest BCUT2D eigenvalue weighted by Gasteiger charge is -2.12. The van der Waals surface area contributed by atoms with Crippen LogP contribution in [0.2, 0.25) is 5.02 Å². The molecule has 0 unspecified atom stereocenters. The Morgan fingerprint density at radius 1 is 1.10 bits per heavy atom. The highest BCUT2D eigenvalue weighted by molar-refractivity contribution is 7.14. The maximum atomic E-state index is 13.0. The number of hydrogen-bond acceptors (Lipinski definition) is 5. The minimum absolute atomic E-state index is 0.176. The van der Waals surface area contributed by atoms with E-state index in [1.165, 1.54) is 16.0 Å². The fraction of sp³-hybridized carbons (Fsp3) is 0.143. The maximum Gasteiger partial charge on any atom is 0.278 e. The van der Waals surface area contributed by atoms with Gasteiger partial charge in [-0.25, -0.2) is 9.67 Å². The number of benzene rings is 2. The van der Waals surface area contributed by atoms with E-state index >= 15 is 0 Å². The van der Waals surface area contributed by atoms with Gasteiger partial charge in [0.15, 0.2) is 10.8 Å². The predicted octanol–water partition coefficient (Wildman–Crippen LogP) is 5.01. The van der Waals surface area contributed by atoms with Crippen LogP contribution in [0.4, 0.5) is 5.13 Å². The standard InChI is InChI=1S/C21H17ClN4O2S/c1-12(2)26-20(28)14-8-4-3-7-13(14)18(25-26)19(27)24-21-23-17(11-29-21)15-9-5-6-10-16(15)22/h3-12H,1-2H3,(H,23,24,27). The first-order valence-electron chi connectivity index (χ1n) is 8.99. The van der Waals surface area contributed by atoms with Crippen molar-refractivity contribution in [2.75, 3.05) is 5.32 Å². The van der Waals surface area contributed by atoms with Crippen molar-refractivity contribution < 1.29 is 4.79 Å². The minimum atomic E-state index is -0.421. The van der Waals surface area contributed by atoms with Crippen LogP contribution in [0.25, 0.3) is 22.0 Å². The van der Waals surface area contributed by atoms with Crippen molar-refractivity contribution in [2.24, 2.45) is 0 Å². The number of halogens is 1. The zero-order chi connectivity index (χ0) is 20.5. The number of carbonyl (C=O) groups is 1. The summed E-state index contributed by atoms with van der Waals surface area (Å²) in [5.74, 6) is -0.421. The normalized spacial score (nSPS) is 11.2. The van der Waals surface area contributed by atoms with Gasteiger partial charge < -0.3 is 0 Å². The lowest BCUT2D eigenvalue weighted by Crippen LogP contribution is -2.28. The van der Waals surface area contributed by atoms with Crippen LogP contribution in [0.5, 0.6) is 0 Å². The number of rotatable bonds is 4. The average Bonchev–Trinajstić information content (AvgIpc) is 3.16. The summed E-state index contributed by atoms with van der Waals surface area (Å²) in [4.78, 5) is 30.1. The van der Waals surface area contributed by atoms with E-state index in [2.05, 4.69) is 15.4 Å². The van der Waals surface area contributed by atoms with Gasteiger partial charge in [0.1, 0.15) is 0 Å². The molecular formula is C21H17ClN4O2S. The van der Waals surface area contributed by atoms with E-state index in [0.717, 1.165) is 5.56 Å². The molecule has 8 heteroatoms. The van der Waals surface area contributed by atoms with E-state index in [9.17, 15) is 9.59 Å². The summed E-state index contributed by atoms with van der Waals surface area (Å²) in [6.45, 7) is 3.70. The number of nitrogens with one attached hydrogen (secondary N) is 1. The first-order valence-corrected chi connectivity index (χ1v) is 10.2. The summed E-state index contributed by atoms with van der Waals surface area (Å²) in [5.41, 5.74) is 1.44. The Balaban J connectivity index is 1.71. The summed E-state index contributed by atoms with van der Waals surface area (Å²) in [7, 11) is 0. The van der Waals surface area contributed by atoms with Crippen LogP contribution in [0.15, 0.2) is 58.7 Å². The van der Waals surface area contributed by atoms with Crippen molar-refractivity contribution in [2.45, 2.75) is 19.9 Å². The van der Waals surface area contributed by atoms with Crippen LogP contribution in [0.1, 0.15) is 30.4 Å². The topological polar surface area (TPSA) is 76.9 Å². The monoisotopic (exact) mass is 424 g/mol. The Labute approximate surface area is 175 Å². The number of fused-ring (bicyclic) bond motifs is 1. The number of aromatic nitrogens is 3. The van der Waals surface area contributed by atoms with E-state index in [1.54, 1.807) is 30.3 Å². The lowest BCUT2D eigenvalue weighted by atomic mass is 10.1. The van der Waals surface area contributed by atoms with Gasteiger partial charge in [-0.1, -0.05) is 48.0 Å². The van der Waals surface area contributed by atoms with E-state index in [4.69, 9.17) is 11.6 Å². The number of thiazole rings is 1. The largest absolute Gasteiger partial charge is 0.296 e. The summed E-state index contributed by atoms with van der Waals surface area (Å²) in [6.07, 6.45) is 0. The molecule has 0 fully saturated rings. The molecular weight excluding hydrogens is 408 g/mol. The van der Waals surface area contributed by atoms with Crippen molar-refractivity contribution in [3.63, 3.8) is 0 Å². The highest BCUT2D eigenvalue weighted by Crippen LogP contribution is 2.30. The van der Waals surface area contributed by atoms with Crippen molar-refractivity contribution in [1.82, 2.24) is 14.8 Å². The Hall–Kier alpha value is -3.03. The molecule has 0 saturated heterocycles. The van der Waals surface area contributed by atoms with E-state index in [0.29, 0.717) is 26.6 Å². The fourth-order valence-corrected chi connectivity index (χ4v) is 3.94. The van der Waals surface area contributed by atoms with Crippen LogP contribution >= 0.6 is 22.9 Å². The van der Waals surface area contributed by atoms with Gasteiger partial charge in [0.2, 0.25) is 0 Å². The zero-order valence-corrected chi connectivity index (χ0v) is 17.3. The minimum Gasteiger partial charge on any atom is -0.296 e. The van der Waals surface area contributed by atoms with E-state index in [1.807, 2.05) is 37.4 Å². The molecule has 2 aromatic carbocycles. The summed E-state index contributed by atoms with van der Waals surface area (Å²) in [5, 5.41) is 10.9.